The lowest BCUT2D eigenvalue weighted by atomic mass is 10.2. The van der Waals surface area contributed by atoms with Gasteiger partial charge in [0.1, 0.15) is 0 Å². The Morgan fingerprint density at radius 2 is 2.11 bits per heavy atom. The van der Waals surface area contributed by atoms with Crippen LogP contribution in [0, 0.1) is 6.92 Å². The van der Waals surface area contributed by atoms with Gasteiger partial charge in [-0.2, -0.15) is 0 Å². The van der Waals surface area contributed by atoms with Gasteiger partial charge in [0.05, 0.1) is 17.8 Å². The van der Waals surface area contributed by atoms with Gasteiger partial charge in [-0.1, -0.05) is 0 Å². The summed E-state index contributed by atoms with van der Waals surface area (Å²) in [6.07, 6.45) is 2.75. The second-order valence-corrected chi connectivity index (χ2v) is 4.62. The van der Waals surface area contributed by atoms with Crippen LogP contribution in [0.15, 0.2) is 24.4 Å². The Labute approximate surface area is 106 Å². The highest BCUT2D eigenvalue weighted by Crippen LogP contribution is 2.26. The largest absolute Gasteiger partial charge is 0.481 e. The van der Waals surface area contributed by atoms with E-state index in [1.165, 1.54) is 5.56 Å². The van der Waals surface area contributed by atoms with Crippen LogP contribution in [0.25, 0.3) is 11.4 Å². The number of hydrogen-bond donors (Lipinski definition) is 1. The molecule has 2 aromatic heterocycles. The minimum absolute atomic E-state index is 0.171. The zero-order chi connectivity index (χ0) is 13.3. The van der Waals surface area contributed by atoms with Gasteiger partial charge in [0.15, 0.2) is 0 Å². The van der Waals surface area contributed by atoms with E-state index in [1.807, 2.05) is 26.4 Å². The molecule has 0 saturated carbocycles. The van der Waals surface area contributed by atoms with E-state index in [2.05, 4.69) is 28.2 Å². The zero-order valence-electron chi connectivity index (χ0n) is 11.0. The summed E-state index contributed by atoms with van der Waals surface area (Å²) in [5.74, 6) is -0.755. The highest BCUT2D eigenvalue weighted by molar-refractivity contribution is 5.67. The van der Waals surface area contributed by atoms with Gasteiger partial charge in [0.25, 0.3) is 0 Å². The summed E-state index contributed by atoms with van der Waals surface area (Å²) in [5.41, 5.74) is 4.55. The quantitative estimate of drug-likeness (QED) is 0.900. The molecule has 0 saturated heterocycles. The summed E-state index contributed by atoms with van der Waals surface area (Å²) in [7, 11) is 4.01. The van der Waals surface area contributed by atoms with Crippen LogP contribution < -0.4 is 0 Å². The van der Waals surface area contributed by atoms with Crippen molar-refractivity contribution in [1.29, 1.82) is 0 Å². The molecule has 0 aromatic carbocycles. The number of carbonyl (C=O) groups is 1. The fourth-order valence-electron chi connectivity index (χ4n) is 2.38. The Hall–Kier alpha value is -1.97. The van der Waals surface area contributed by atoms with Crippen molar-refractivity contribution in [3.8, 4) is 11.4 Å². The summed E-state index contributed by atoms with van der Waals surface area (Å²) in [4.78, 5) is 10.6. The van der Waals surface area contributed by atoms with Gasteiger partial charge in [0.2, 0.25) is 0 Å². The third kappa shape index (κ3) is 2.18. The molecule has 0 amide bonds. The number of carboxylic acids is 1. The summed E-state index contributed by atoms with van der Waals surface area (Å²) in [5, 5.41) is 8.76. The molecule has 1 N–H and O–H groups in total. The van der Waals surface area contributed by atoms with Crippen LogP contribution in [0.1, 0.15) is 17.7 Å². The van der Waals surface area contributed by atoms with E-state index in [9.17, 15) is 4.79 Å². The van der Waals surface area contributed by atoms with Crippen molar-refractivity contribution in [2.24, 2.45) is 14.1 Å². The third-order valence-electron chi connectivity index (χ3n) is 3.30. The van der Waals surface area contributed by atoms with Crippen LogP contribution >= 0.6 is 0 Å². The summed E-state index contributed by atoms with van der Waals surface area (Å²) in [6, 6.07) is 6.16. The Balaban J connectivity index is 2.38. The number of aromatic nitrogens is 2. The first-order valence-corrected chi connectivity index (χ1v) is 5.99. The van der Waals surface area contributed by atoms with Crippen LogP contribution in [0.4, 0.5) is 0 Å². The molecular weight excluding hydrogens is 228 g/mol. The molecule has 0 bridgehead atoms. The molecule has 4 nitrogen and oxygen atoms in total. The van der Waals surface area contributed by atoms with Gasteiger partial charge >= 0.3 is 5.97 Å². The zero-order valence-corrected chi connectivity index (χ0v) is 11.0. The molecule has 0 unspecified atom stereocenters. The maximum absolute atomic E-state index is 10.6. The molecule has 2 rings (SSSR count). The van der Waals surface area contributed by atoms with Crippen molar-refractivity contribution < 1.29 is 9.90 Å². The van der Waals surface area contributed by atoms with Crippen molar-refractivity contribution in [2.75, 3.05) is 0 Å². The second-order valence-electron chi connectivity index (χ2n) is 4.62. The predicted molar refractivity (Wildman–Crippen MR) is 70.5 cm³/mol. The number of rotatable bonds is 4. The maximum atomic E-state index is 10.6. The van der Waals surface area contributed by atoms with Crippen LogP contribution in [0.2, 0.25) is 0 Å². The van der Waals surface area contributed by atoms with E-state index in [0.29, 0.717) is 6.42 Å². The topological polar surface area (TPSA) is 47.2 Å². The van der Waals surface area contributed by atoms with Crippen LogP contribution in [-0.2, 0) is 25.3 Å². The molecule has 2 aromatic rings. The van der Waals surface area contributed by atoms with E-state index in [4.69, 9.17) is 5.11 Å². The molecule has 0 radical (unpaired) electrons. The first-order valence-electron chi connectivity index (χ1n) is 5.99. The molecule has 2 heterocycles. The second kappa shape index (κ2) is 4.72. The predicted octanol–water partition coefficient (Wildman–Crippen LogP) is 2.36. The number of aryl methyl sites for hydroxylation is 3. The summed E-state index contributed by atoms with van der Waals surface area (Å²) >= 11 is 0. The fourth-order valence-corrected chi connectivity index (χ4v) is 2.38. The first kappa shape index (κ1) is 12.5. The van der Waals surface area contributed by atoms with Crippen molar-refractivity contribution in [3.05, 3.63) is 35.7 Å². The van der Waals surface area contributed by atoms with E-state index in [-0.39, 0.29) is 6.42 Å². The third-order valence-corrected chi connectivity index (χ3v) is 3.30. The Bertz CT molecular complexity index is 579. The lowest BCUT2D eigenvalue weighted by Crippen LogP contribution is -2.04. The molecule has 0 atom stereocenters. The molecular formula is C14H18N2O2. The average Bonchev–Trinajstić information content (AvgIpc) is 2.81. The van der Waals surface area contributed by atoms with Gasteiger partial charge in [0, 0.05) is 26.0 Å². The van der Waals surface area contributed by atoms with E-state index in [1.54, 1.807) is 0 Å². The van der Waals surface area contributed by atoms with Gasteiger partial charge in [-0.25, -0.2) is 0 Å². The number of hydrogen-bond acceptors (Lipinski definition) is 1. The highest BCUT2D eigenvalue weighted by atomic mass is 16.4. The molecule has 0 fully saturated rings. The monoisotopic (exact) mass is 246 g/mol. The van der Waals surface area contributed by atoms with Gasteiger partial charge in [-0.05, 0) is 37.1 Å². The van der Waals surface area contributed by atoms with Gasteiger partial charge in [-0.15, -0.1) is 0 Å². The molecule has 0 aliphatic carbocycles. The highest BCUT2D eigenvalue weighted by Gasteiger charge is 2.14. The molecule has 96 valence electrons. The van der Waals surface area contributed by atoms with E-state index >= 15 is 0 Å². The molecule has 0 aliphatic rings. The van der Waals surface area contributed by atoms with Crippen LogP contribution in [0.3, 0.4) is 0 Å². The summed E-state index contributed by atoms with van der Waals surface area (Å²) in [6.45, 7) is 2.06. The smallest absolute Gasteiger partial charge is 0.303 e. The standard InChI is InChI=1S/C14H18N2O2/c1-10-9-11(6-7-13(17)18)16(3)14(10)12-5-4-8-15(12)2/h4-5,8-9H,6-7H2,1-3H3,(H,17,18). The minimum Gasteiger partial charge on any atom is -0.481 e. The lowest BCUT2D eigenvalue weighted by Gasteiger charge is -2.09. The molecule has 4 heteroatoms. The van der Waals surface area contributed by atoms with Crippen molar-refractivity contribution in [1.82, 2.24) is 9.13 Å². The Morgan fingerprint density at radius 3 is 2.67 bits per heavy atom. The summed E-state index contributed by atoms with van der Waals surface area (Å²) < 4.78 is 4.16. The van der Waals surface area contributed by atoms with Crippen LogP contribution in [0.5, 0.6) is 0 Å². The first-order chi connectivity index (χ1) is 8.50. The number of aliphatic carboxylic acids is 1. The molecule has 0 spiro atoms. The Kier molecular flexibility index (Phi) is 3.28. The average molecular weight is 246 g/mol. The lowest BCUT2D eigenvalue weighted by molar-refractivity contribution is -0.136. The van der Waals surface area contributed by atoms with E-state index in [0.717, 1.165) is 17.1 Å². The van der Waals surface area contributed by atoms with Crippen LogP contribution in [-0.4, -0.2) is 20.2 Å². The van der Waals surface area contributed by atoms with Gasteiger partial charge in [-0.3, -0.25) is 4.79 Å². The Morgan fingerprint density at radius 1 is 1.39 bits per heavy atom. The minimum atomic E-state index is -0.755. The number of nitrogens with zero attached hydrogens (tertiary/aromatic N) is 2. The van der Waals surface area contributed by atoms with Crippen molar-refractivity contribution >= 4 is 5.97 Å². The fraction of sp³-hybridized carbons (Fsp3) is 0.357. The molecule has 18 heavy (non-hydrogen) atoms. The van der Waals surface area contributed by atoms with Gasteiger partial charge < -0.3 is 14.2 Å². The number of carboxylic acid groups (broad SMARTS) is 1. The SMILES string of the molecule is Cc1cc(CCC(=O)O)n(C)c1-c1cccn1C. The molecule has 0 aliphatic heterocycles. The normalized spacial score (nSPS) is 10.8. The maximum Gasteiger partial charge on any atom is 0.303 e. The van der Waals surface area contributed by atoms with Crippen molar-refractivity contribution in [2.45, 2.75) is 19.8 Å². The van der Waals surface area contributed by atoms with Crippen molar-refractivity contribution in [3.63, 3.8) is 0 Å². The van der Waals surface area contributed by atoms with E-state index < -0.39 is 5.97 Å².